The Morgan fingerprint density at radius 1 is 1.08 bits per heavy atom. The zero-order chi connectivity index (χ0) is 27.1. The molecule has 1 aliphatic heterocycles. The Morgan fingerprint density at radius 3 is 2.31 bits per heavy atom. The zero-order valence-corrected chi connectivity index (χ0v) is 23.4. The number of benzene rings is 2. The van der Waals surface area contributed by atoms with E-state index in [-0.39, 0.29) is 30.7 Å². The highest BCUT2D eigenvalue weighted by Gasteiger charge is 2.43. The van der Waals surface area contributed by atoms with Crippen LogP contribution in [0.5, 0.6) is 0 Å². The average Bonchev–Trinajstić information content (AvgIpc) is 3.00. The lowest BCUT2D eigenvalue weighted by Crippen LogP contribution is -3.19. The number of aryl methyl sites for hydroxylation is 2. The normalized spacial score (nSPS) is 17.7. The van der Waals surface area contributed by atoms with E-state index in [4.69, 9.17) is 4.74 Å². The second kappa shape index (κ2) is 15.4. The van der Waals surface area contributed by atoms with E-state index in [1.165, 1.54) is 11.8 Å². The van der Waals surface area contributed by atoms with Gasteiger partial charge < -0.3 is 50.4 Å². The molecule has 0 aromatic heterocycles. The van der Waals surface area contributed by atoms with Crippen LogP contribution in [0.3, 0.4) is 0 Å². The molecule has 0 saturated heterocycles. The van der Waals surface area contributed by atoms with E-state index in [0.717, 1.165) is 11.1 Å². The van der Waals surface area contributed by atoms with Crippen LogP contribution in [0.15, 0.2) is 54.6 Å². The van der Waals surface area contributed by atoms with E-state index in [0.29, 0.717) is 36.3 Å². The lowest BCUT2D eigenvalue weighted by Gasteiger charge is -2.32. The molecular formula is C27H35Cl2N3O7. The SMILES string of the molecule is C[C@@H](OC(=O)C(CCc1ccccc1)[NH+](C)[C@@H]1CCc2ccccc2N(CC(=O)O)C1=O)[C@H]([NH3+])C(=O)O.[Cl-].[Cl-]. The number of nitrogens with one attached hydrogen (secondary N) is 1. The standard InChI is InChI=1S/C27H33N3O7.2ClH/c1-17(24(28)26(34)35)37-27(36)22(14-12-18-8-4-3-5-9-18)29(2)21-15-13-19-10-6-7-11-20(19)30(25(21)33)16-23(31)32;;/h3-11,17,21-22,24H,12-16,28H2,1-2H3,(H,31,32)(H,34,35);2*1H/t17-,21-,22?,24+;;/m1../s1. The number of halogens is 2. The number of carboxylic acids is 2. The van der Waals surface area contributed by atoms with E-state index in [9.17, 15) is 29.4 Å². The van der Waals surface area contributed by atoms with Gasteiger partial charge in [-0.05, 0) is 37.0 Å². The van der Waals surface area contributed by atoms with Gasteiger partial charge in [-0.3, -0.25) is 14.5 Å². The quantitative estimate of drug-likeness (QED) is 0.192. The van der Waals surface area contributed by atoms with Crippen molar-refractivity contribution in [2.24, 2.45) is 0 Å². The fourth-order valence-corrected chi connectivity index (χ4v) is 4.71. The van der Waals surface area contributed by atoms with Crippen LogP contribution in [-0.2, 0) is 36.8 Å². The van der Waals surface area contributed by atoms with Gasteiger partial charge in [-0.15, -0.1) is 0 Å². The number of carbonyl (C=O) groups is 4. The van der Waals surface area contributed by atoms with Crippen LogP contribution >= 0.6 is 0 Å². The van der Waals surface area contributed by atoms with Gasteiger partial charge in [0, 0.05) is 18.5 Å². The van der Waals surface area contributed by atoms with Crippen molar-refractivity contribution in [1.29, 1.82) is 0 Å². The molecule has 5 atom stereocenters. The summed E-state index contributed by atoms with van der Waals surface area (Å²) in [6, 6.07) is 14.2. The molecule has 0 saturated carbocycles. The lowest BCUT2D eigenvalue weighted by molar-refractivity contribution is -0.913. The Hall–Kier alpha value is -3.18. The second-order valence-electron chi connectivity index (χ2n) is 9.45. The molecular weight excluding hydrogens is 549 g/mol. The van der Waals surface area contributed by atoms with E-state index in [1.807, 2.05) is 42.5 Å². The van der Waals surface area contributed by atoms with Crippen LogP contribution < -0.4 is 40.3 Å². The summed E-state index contributed by atoms with van der Waals surface area (Å²) in [4.78, 5) is 51.9. The number of likely N-dealkylation sites (N-methyl/N-ethyl adjacent to an activating group) is 1. The fourth-order valence-electron chi connectivity index (χ4n) is 4.71. The fraction of sp³-hybridized carbons (Fsp3) is 0.407. The van der Waals surface area contributed by atoms with Crippen LogP contribution in [0.4, 0.5) is 5.69 Å². The van der Waals surface area contributed by atoms with Crippen molar-refractivity contribution in [1.82, 2.24) is 0 Å². The maximum absolute atomic E-state index is 13.7. The molecule has 0 spiro atoms. The van der Waals surface area contributed by atoms with Crippen molar-refractivity contribution in [3.8, 4) is 0 Å². The largest absolute Gasteiger partial charge is 1.00 e. The molecule has 6 N–H and O–H groups in total. The highest BCUT2D eigenvalue weighted by Crippen LogP contribution is 2.26. The van der Waals surface area contributed by atoms with E-state index >= 15 is 0 Å². The van der Waals surface area contributed by atoms with Gasteiger partial charge in [-0.2, -0.15) is 0 Å². The molecule has 1 heterocycles. The predicted octanol–water partition coefficient (Wildman–Crippen LogP) is -6.43. The molecule has 2 aromatic carbocycles. The van der Waals surface area contributed by atoms with Gasteiger partial charge in [0.1, 0.15) is 6.54 Å². The third-order valence-corrected chi connectivity index (χ3v) is 6.98. The van der Waals surface area contributed by atoms with Crippen molar-refractivity contribution >= 4 is 29.5 Å². The van der Waals surface area contributed by atoms with E-state index < -0.39 is 48.7 Å². The summed E-state index contributed by atoms with van der Waals surface area (Å²) in [6.45, 7) is 0.993. The number of fused-ring (bicyclic) bond motifs is 1. The monoisotopic (exact) mass is 583 g/mol. The maximum Gasteiger partial charge on any atom is 0.366 e. The first-order valence-electron chi connectivity index (χ1n) is 12.3. The molecule has 0 bridgehead atoms. The van der Waals surface area contributed by atoms with Crippen molar-refractivity contribution in [3.63, 3.8) is 0 Å². The first kappa shape index (κ1) is 33.8. The zero-order valence-electron chi connectivity index (χ0n) is 21.9. The molecule has 1 amide bonds. The van der Waals surface area contributed by atoms with E-state index in [1.54, 1.807) is 19.2 Å². The molecule has 214 valence electrons. The number of esters is 1. The molecule has 0 aliphatic carbocycles. The number of amides is 1. The summed E-state index contributed by atoms with van der Waals surface area (Å²) in [5, 5.41) is 18.8. The number of carboxylic acid groups (broad SMARTS) is 2. The molecule has 10 nitrogen and oxygen atoms in total. The smallest absolute Gasteiger partial charge is 0.366 e. The predicted molar refractivity (Wildman–Crippen MR) is 134 cm³/mol. The minimum Gasteiger partial charge on any atom is -1.00 e. The summed E-state index contributed by atoms with van der Waals surface area (Å²) < 4.78 is 5.53. The summed E-state index contributed by atoms with van der Waals surface area (Å²) >= 11 is 0. The molecule has 0 fully saturated rings. The number of quaternary nitrogens is 2. The van der Waals surface area contributed by atoms with Crippen LogP contribution in [-0.4, -0.2) is 71.9 Å². The number of anilines is 1. The third kappa shape index (κ3) is 8.66. The number of carbonyl (C=O) groups excluding carboxylic acids is 2. The van der Waals surface area contributed by atoms with Gasteiger partial charge in [0.15, 0.2) is 18.2 Å². The van der Waals surface area contributed by atoms with Gasteiger partial charge in [0.2, 0.25) is 6.04 Å². The van der Waals surface area contributed by atoms with Gasteiger partial charge in [-0.1, -0.05) is 48.5 Å². The lowest BCUT2D eigenvalue weighted by atomic mass is 10.00. The molecule has 12 heteroatoms. The number of rotatable bonds is 11. The highest BCUT2D eigenvalue weighted by atomic mass is 35.5. The molecule has 2 aromatic rings. The Kier molecular flexibility index (Phi) is 13.4. The van der Waals surface area contributed by atoms with Gasteiger partial charge in [0.25, 0.3) is 5.91 Å². The Morgan fingerprint density at radius 2 is 1.69 bits per heavy atom. The van der Waals surface area contributed by atoms with Crippen LogP contribution in [0.25, 0.3) is 0 Å². The van der Waals surface area contributed by atoms with E-state index in [2.05, 4.69) is 5.73 Å². The minimum absolute atomic E-state index is 0. The Labute approximate surface area is 239 Å². The summed E-state index contributed by atoms with van der Waals surface area (Å²) in [6.07, 6.45) is 0.881. The summed E-state index contributed by atoms with van der Waals surface area (Å²) in [7, 11) is 1.73. The topological polar surface area (TPSA) is 153 Å². The second-order valence-corrected chi connectivity index (χ2v) is 9.45. The van der Waals surface area contributed by atoms with Crippen molar-refractivity contribution < 1.29 is 69.6 Å². The number of para-hydroxylation sites is 1. The van der Waals surface area contributed by atoms with Crippen LogP contribution in [0.1, 0.15) is 30.9 Å². The number of hydrogen-bond donors (Lipinski definition) is 4. The molecule has 2 unspecified atom stereocenters. The maximum atomic E-state index is 13.7. The number of hydrogen-bond acceptors (Lipinski definition) is 5. The third-order valence-electron chi connectivity index (χ3n) is 6.98. The van der Waals surface area contributed by atoms with Crippen molar-refractivity contribution in [2.75, 3.05) is 18.5 Å². The van der Waals surface area contributed by atoms with Crippen LogP contribution in [0.2, 0.25) is 0 Å². The van der Waals surface area contributed by atoms with Gasteiger partial charge >= 0.3 is 17.9 Å². The first-order chi connectivity index (χ1) is 17.6. The number of aliphatic carboxylic acids is 2. The Balaban J connectivity index is 0.00000380. The van der Waals surface area contributed by atoms with Gasteiger partial charge in [0.05, 0.1) is 7.05 Å². The highest BCUT2D eigenvalue weighted by molar-refractivity contribution is 6.01. The summed E-state index contributed by atoms with van der Waals surface area (Å²) in [5.41, 5.74) is 6.00. The molecule has 0 radical (unpaired) electrons. The molecule has 1 aliphatic rings. The first-order valence-corrected chi connectivity index (χ1v) is 12.3. The number of nitrogens with zero attached hydrogens (tertiary/aromatic N) is 1. The van der Waals surface area contributed by atoms with Crippen molar-refractivity contribution in [3.05, 3.63) is 65.7 Å². The summed E-state index contributed by atoms with van der Waals surface area (Å²) in [5.74, 6) is -3.31. The minimum atomic E-state index is -1.18. The van der Waals surface area contributed by atoms with Gasteiger partial charge in [-0.25, -0.2) is 9.59 Å². The molecule has 39 heavy (non-hydrogen) atoms. The van der Waals surface area contributed by atoms with Crippen molar-refractivity contribution in [2.45, 2.75) is 56.8 Å². The Bertz CT molecular complexity index is 1140. The number of ether oxygens (including phenoxy) is 1. The molecule has 3 rings (SSSR count). The average molecular weight is 584 g/mol. The van der Waals surface area contributed by atoms with Crippen LogP contribution in [0, 0.1) is 0 Å².